The van der Waals surface area contributed by atoms with Gasteiger partial charge in [0.25, 0.3) is 5.91 Å². The predicted octanol–water partition coefficient (Wildman–Crippen LogP) is 1.03. The summed E-state index contributed by atoms with van der Waals surface area (Å²) < 4.78 is 0. The molecule has 1 aromatic heterocycles. The van der Waals surface area contributed by atoms with Crippen molar-refractivity contribution in [2.24, 2.45) is 0 Å². The summed E-state index contributed by atoms with van der Waals surface area (Å²) >= 11 is 5.83. The molecule has 0 spiro atoms. The first kappa shape index (κ1) is 11.9. The van der Waals surface area contributed by atoms with Crippen molar-refractivity contribution in [1.82, 2.24) is 15.2 Å². The molecule has 0 saturated carbocycles. The number of amides is 1. The van der Waals surface area contributed by atoms with E-state index in [2.05, 4.69) is 10.3 Å². The van der Waals surface area contributed by atoms with Crippen molar-refractivity contribution >= 4 is 17.5 Å². The monoisotopic (exact) mass is 227 g/mol. The smallest absolute Gasteiger partial charge is 0.271 e. The lowest BCUT2D eigenvalue weighted by molar-refractivity contribution is 0.0946. The van der Waals surface area contributed by atoms with Gasteiger partial charge in [0.05, 0.1) is 5.02 Å². The maximum atomic E-state index is 11.6. The highest BCUT2D eigenvalue weighted by Crippen LogP contribution is 2.11. The van der Waals surface area contributed by atoms with Crippen LogP contribution in [-0.4, -0.2) is 43.0 Å². The molecule has 1 amide bonds. The summed E-state index contributed by atoms with van der Waals surface area (Å²) in [6.45, 7) is 1.37. The maximum Gasteiger partial charge on any atom is 0.271 e. The van der Waals surface area contributed by atoms with Crippen molar-refractivity contribution < 1.29 is 4.79 Å². The zero-order chi connectivity index (χ0) is 11.3. The fourth-order valence-corrected chi connectivity index (χ4v) is 1.24. The van der Waals surface area contributed by atoms with Crippen LogP contribution in [0.4, 0.5) is 0 Å². The molecule has 0 saturated heterocycles. The third kappa shape index (κ3) is 3.85. The van der Waals surface area contributed by atoms with Gasteiger partial charge in [-0.2, -0.15) is 0 Å². The summed E-state index contributed by atoms with van der Waals surface area (Å²) in [7, 11) is 3.89. The lowest BCUT2D eigenvalue weighted by Gasteiger charge is -2.10. The van der Waals surface area contributed by atoms with Gasteiger partial charge in [0.2, 0.25) is 0 Å². The number of nitrogens with one attached hydrogen (secondary N) is 1. The normalized spacial score (nSPS) is 10.4. The van der Waals surface area contributed by atoms with Crippen LogP contribution in [0.15, 0.2) is 18.3 Å². The fourth-order valence-electron chi connectivity index (χ4n) is 1.03. The minimum Gasteiger partial charge on any atom is -0.349 e. The molecule has 0 aromatic carbocycles. The van der Waals surface area contributed by atoms with Crippen molar-refractivity contribution in [1.29, 1.82) is 0 Å². The molecule has 0 atom stereocenters. The fraction of sp³-hybridized carbons (Fsp3) is 0.400. The molecule has 0 aliphatic heterocycles. The highest BCUT2D eigenvalue weighted by atomic mass is 35.5. The second kappa shape index (κ2) is 5.68. The first-order chi connectivity index (χ1) is 7.11. The summed E-state index contributed by atoms with van der Waals surface area (Å²) in [4.78, 5) is 17.5. The summed E-state index contributed by atoms with van der Waals surface area (Å²) in [5.74, 6) is -0.234. The Labute approximate surface area is 94.3 Å². The molecule has 1 heterocycles. The van der Waals surface area contributed by atoms with Gasteiger partial charge in [0.1, 0.15) is 5.69 Å². The summed E-state index contributed by atoms with van der Waals surface area (Å²) in [5, 5.41) is 3.12. The van der Waals surface area contributed by atoms with Crippen LogP contribution in [0.1, 0.15) is 10.5 Å². The van der Waals surface area contributed by atoms with E-state index < -0.39 is 0 Å². The average molecular weight is 228 g/mol. The molecule has 1 N–H and O–H groups in total. The molecular weight excluding hydrogens is 214 g/mol. The van der Waals surface area contributed by atoms with Gasteiger partial charge >= 0.3 is 0 Å². The van der Waals surface area contributed by atoms with Gasteiger partial charge in [-0.1, -0.05) is 11.6 Å². The van der Waals surface area contributed by atoms with E-state index in [-0.39, 0.29) is 11.6 Å². The molecule has 0 bridgehead atoms. The van der Waals surface area contributed by atoms with Gasteiger partial charge in [0, 0.05) is 19.3 Å². The Balaban J connectivity index is 2.51. The molecule has 4 nitrogen and oxygen atoms in total. The van der Waals surface area contributed by atoms with Crippen molar-refractivity contribution in [2.75, 3.05) is 27.2 Å². The second-order valence-electron chi connectivity index (χ2n) is 3.39. The Morgan fingerprint density at radius 3 is 2.93 bits per heavy atom. The number of hydrogen-bond donors (Lipinski definition) is 1. The molecule has 0 aliphatic rings. The van der Waals surface area contributed by atoms with Crippen LogP contribution in [0, 0.1) is 0 Å². The molecule has 0 unspecified atom stereocenters. The predicted molar refractivity (Wildman–Crippen MR) is 60.1 cm³/mol. The SMILES string of the molecule is CN(C)CCNC(=O)c1ncccc1Cl. The van der Waals surface area contributed by atoms with Gasteiger partial charge in [-0.3, -0.25) is 4.79 Å². The van der Waals surface area contributed by atoms with Crippen LogP contribution < -0.4 is 5.32 Å². The third-order valence-corrected chi connectivity index (χ3v) is 2.12. The van der Waals surface area contributed by atoms with E-state index in [1.165, 1.54) is 0 Å². The number of hydrogen-bond acceptors (Lipinski definition) is 3. The van der Waals surface area contributed by atoms with E-state index in [1.807, 2.05) is 19.0 Å². The third-order valence-electron chi connectivity index (χ3n) is 1.82. The molecule has 1 aromatic rings. The van der Waals surface area contributed by atoms with Crippen LogP contribution in [0.5, 0.6) is 0 Å². The van der Waals surface area contributed by atoms with Gasteiger partial charge in [-0.15, -0.1) is 0 Å². The molecule has 15 heavy (non-hydrogen) atoms. The highest BCUT2D eigenvalue weighted by Gasteiger charge is 2.09. The van der Waals surface area contributed by atoms with E-state index >= 15 is 0 Å². The molecule has 82 valence electrons. The van der Waals surface area contributed by atoms with Crippen molar-refractivity contribution in [3.05, 3.63) is 29.0 Å². The standard InChI is InChI=1S/C10H14ClN3O/c1-14(2)7-6-13-10(15)9-8(11)4-3-5-12-9/h3-5H,6-7H2,1-2H3,(H,13,15). The lowest BCUT2D eigenvalue weighted by atomic mass is 10.3. The number of carbonyl (C=O) groups is 1. The Kier molecular flexibility index (Phi) is 4.52. The molecule has 1 rings (SSSR count). The minimum atomic E-state index is -0.234. The number of halogens is 1. The first-order valence-corrected chi connectivity index (χ1v) is 5.02. The number of rotatable bonds is 4. The number of pyridine rings is 1. The van der Waals surface area contributed by atoms with Crippen molar-refractivity contribution in [3.63, 3.8) is 0 Å². The molecule has 0 radical (unpaired) electrons. The quantitative estimate of drug-likeness (QED) is 0.836. The number of carbonyl (C=O) groups excluding carboxylic acids is 1. The summed E-state index contributed by atoms with van der Waals surface area (Å²) in [6.07, 6.45) is 1.55. The van der Waals surface area contributed by atoms with E-state index in [9.17, 15) is 4.79 Å². The molecular formula is C10H14ClN3O. The van der Waals surface area contributed by atoms with E-state index in [1.54, 1.807) is 18.3 Å². The van der Waals surface area contributed by atoms with Crippen LogP contribution in [0.2, 0.25) is 5.02 Å². The minimum absolute atomic E-state index is 0.234. The second-order valence-corrected chi connectivity index (χ2v) is 3.80. The summed E-state index contributed by atoms with van der Waals surface area (Å²) in [5.41, 5.74) is 0.276. The number of aromatic nitrogens is 1. The molecule has 0 fully saturated rings. The lowest BCUT2D eigenvalue weighted by Crippen LogP contribution is -2.31. The van der Waals surface area contributed by atoms with Crippen LogP contribution in [0.3, 0.4) is 0 Å². The molecule has 5 heteroatoms. The average Bonchev–Trinajstić information content (AvgIpc) is 2.17. The van der Waals surface area contributed by atoms with Crippen molar-refractivity contribution in [2.45, 2.75) is 0 Å². The van der Waals surface area contributed by atoms with E-state index in [4.69, 9.17) is 11.6 Å². The van der Waals surface area contributed by atoms with Gasteiger partial charge in [0.15, 0.2) is 0 Å². The molecule has 0 aliphatic carbocycles. The van der Waals surface area contributed by atoms with Gasteiger partial charge in [-0.05, 0) is 26.2 Å². The van der Waals surface area contributed by atoms with Gasteiger partial charge in [-0.25, -0.2) is 4.98 Å². The van der Waals surface area contributed by atoms with Gasteiger partial charge < -0.3 is 10.2 Å². The Morgan fingerprint density at radius 2 is 2.33 bits per heavy atom. The van der Waals surface area contributed by atoms with Crippen LogP contribution in [0.25, 0.3) is 0 Å². The van der Waals surface area contributed by atoms with E-state index in [0.717, 1.165) is 6.54 Å². The maximum absolute atomic E-state index is 11.6. The zero-order valence-electron chi connectivity index (χ0n) is 8.83. The Hall–Kier alpha value is -1.13. The topological polar surface area (TPSA) is 45.2 Å². The first-order valence-electron chi connectivity index (χ1n) is 4.64. The van der Waals surface area contributed by atoms with Crippen LogP contribution in [-0.2, 0) is 0 Å². The highest BCUT2D eigenvalue weighted by molar-refractivity contribution is 6.33. The Morgan fingerprint density at radius 1 is 1.60 bits per heavy atom. The number of likely N-dealkylation sites (N-methyl/N-ethyl adjacent to an activating group) is 1. The van der Waals surface area contributed by atoms with E-state index in [0.29, 0.717) is 11.6 Å². The van der Waals surface area contributed by atoms with Crippen molar-refractivity contribution in [3.8, 4) is 0 Å². The number of nitrogens with zero attached hydrogens (tertiary/aromatic N) is 2. The Bertz CT molecular complexity index is 341. The summed E-state index contributed by atoms with van der Waals surface area (Å²) in [6, 6.07) is 3.34. The largest absolute Gasteiger partial charge is 0.349 e. The van der Waals surface area contributed by atoms with Crippen LogP contribution >= 0.6 is 11.6 Å². The zero-order valence-corrected chi connectivity index (χ0v) is 9.58.